The first kappa shape index (κ1) is 32.7. The molecule has 0 fully saturated rings. The third-order valence-electron chi connectivity index (χ3n) is 11.5. The highest BCUT2D eigenvalue weighted by atomic mass is 32.1. The predicted molar refractivity (Wildman–Crippen MR) is 235 cm³/mol. The van der Waals surface area contributed by atoms with Crippen LogP contribution in [-0.2, 0) is 5.41 Å². The third-order valence-corrected chi connectivity index (χ3v) is 12.7. The van der Waals surface area contributed by atoms with Gasteiger partial charge in [-0.15, -0.1) is 11.3 Å². The van der Waals surface area contributed by atoms with Gasteiger partial charge in [0.05, 0.1) is 22.6 Å². The quantitative estimate of drug-likeness (QED) is 0.177. The van der Waals surface area contributed by atoms with Gasteiger partial charge in [-0.1, -0.05) is 159 Å². The van der Waals surface area contributed by atoms with Gasteiger partial charge < -0.3 is 0 Å². The first-order valence-electron chi connectivity index (χ1n) is 19.1. The van der Waals surface area contributed by atoms with Gasteiger partial charge in [-0.3, -0.25) is 0 Å². The van der Waals surface area contributed by atoms with Crippen LogP contribution in [-0.4, -0.2) is 15.0 Å². The molecule has 0 amide bonds. The molecule has 7 aromatic carbocycles. The van der Waals surface area contributed by atoms with Crippen molar-refractivity contribution in [3.8, 4) is 67.4 Å². The summed E-state index contributed by atoms with van der Waals surface area (Å²) in [7, 11) is 0. The summed E-state index contributed by atoms with van der Waals surface area (Å²) in [5.74, 6) is 0.701. The van der Waals surface area contributed by atoms with Crippen LogP contribution in [0.2, 0.25) is 0 Å². The van der Waals surface area contributed by atoms with Crippen LogP contribution in [0.25, 0.3) is 98.5 Å². The summed E-state index contributed by atoms with van der Waals surface area (Å²) < 4.78 is 2.55. The van der Waals surface area contributed by atoms with E-state index in [-0.39, 0.29) is 5.41 Å². The summed E-state index contributed by atoms with van der Waals surface area (Å²) in [6.07, 6.45) is 0. The van der Waals surface area contributed by atoms with Gasteiger partial charge in [-0.25, -0.2) is 15.0 Å². The second-order valence-electron chi connectivity index (χ2n) is 15.2. The standard InChI is InChI=1S/C52H35N3S/c1-52(2)42-20-9-6-17-38(42)39-28-27-36(30-43(39)52)35-15-12-16-37(29-35)46-31-45(54-51(55-46)34-13-4-3-5-14-34)32-23-25-33(26-24-32)49-48-41-19-8-11-22-47(41)56-50(48)40-18-7-10-21-44(40)53-49/h3-31H,1-2H3. The van der Waals surface area contributed by atoms with Crippen molar-refractivity contribution in [3.63, 3.8) is 0 Å². The number of pyridine rings is 1. The molecule has 3 nitrogen and oxygen atoms in total. The molecular formula is C52H35N3S. The number of nitrogens with zero attached hydrogens (tertiary/aromatic N) is 3. The van der Waals surface area contributed by atoms with Crippen molar-refractivity contribution >= 4 is 42.4 Å². The zero-order chi connectivity index (χ0) is 37.4. The number of thiophene rings is 1. The van der Waals surface area contributed by atoms with E-state index < -0.39 is 0 Å². The first-order chi connectivity index (χ1) is 27.5. The van der Waals surface area contributed by atoms with Crippen LogP contribution in [0.3, 0.4) is 0 Å². The maximum atomic E-state index is 5.26. The van der Waals surface area contributed by atoms with Gasteiger partial charge in [0.15, 0.2) is 5.82 Å². The Balaban J connectivity index is 1.01. The van der Waals surface area contributed by atoms with Gasteiger partial charge in [0, 0.05) is 53.2 Å². The van der Waals surface area contributed by atoms with Crippen molar-refractivity contribution < 1.29 is 0 Å². The predicted octanol–water partition coefficient (Wildman–Crippen LogP) is 14.0. The number of hydrogen-bond acceptors (Lipinski definition) is 4. The second-order valence-corrected chi connectivity index (χ2v) is 16.2. The zero-order valence-electron chi connectivity index (χ0n) is 31.0. The highest BCUT2D eigenvalue weighted by Gasteiger charge is 2.35. The molecule has 0 bridgehead atoms. The average Bonchev–Trinajstić information content (AvgIpc) is 3.76. The minimum absolute atomic E-state index is 0.0604. The number of rotatable bonds is 5. The lowest BCUT2D eigenvalue weighted by Gasteiger charge is -2.22. The van der Waals surface area contributed by atoms with E-state index >= 15 is 0 Å². The van der Waals surface area contributed by atoms with E-state index in [1.54, 1.807) is 0 Å². The van der Waals surface area contributed by atoms with E-state index in [2.05, 4.69) is 172 Å². The van der Waals surface area contributed by atoms with E-state index in [0.29, 0.717) is 5.82 Å². The molecule has 0 N–H and O–H groups in total. The Morgan fingerprint density at radius 1 is 0.429 bits per heavy atom. The highest BCUT2D eigenvalue weighted by molar-refractivity contribution is 7.26. The van der Waals surface area contributed by atoms with Crippen molar-refractivity contribution in [2.24, 2.45) is 0 Å². The molecule has 3 aromatic heterocycles. The molecule has 56 heavy (non-hydrogen) atoms. The molecular weight excluding hydrogens is 699 g/mol. The lowest BCUT2D eigenvalue weighted by Crippen LogP contribution is -2.14. The molecule has 0 spiro atoms. The molecule has 4 heteroatoms. The fourth-order valence-corrected chi connectivity index (χ4v) is 9.86. The van der Waals surface area contributed by atoms with Crippen molar-refractivity contribution in [2.75, 3.05) is 0 Å². The fraction of sp³-hybridized carbons (Fsp3) is 0.0577. The second kappa shape index (κ2) is 12.7. The van der Waals surface area contributed by atoms with Gasteiger partial charge in [0.2, 0.25) is 0 Å². The molecule has 0 aliphatic heterocycles. The Labute approximate surface area is 329 Å². The normalized spacial score (nSPS) is 13.0. The minimum Gasteiger partial charge on any atom is -0.247 e. The molecule has 0 saturated carbocycles. The number of benzene rings is 7. The molecule has 0 atom stereocenters. The Kier molecular flexibility index (Phi) is 7.38. The van der Waals surface area contributed by atoms with Crippen molar-refractivity contribution in [1.29, 1.82) is 0 Å². The van der Waals surface area contributed by atoms with E-state index in [1.165, 1.54) is 53.4 Å². The SMILES string of the molecule is CC1(C)c2ccccc2-c2ccc(-c3cccc(-c4cc(-c5ccc(-c6nc7ccccc7c7sc8ccccc8c67)cc5)nc(-c5ccccc5)n4)c3)cc21. The molecule has 264 valence electrons. The van der Waals surface area contributed by atoms with Gasteiger partial charge in [0.25, 0.3) is 0 Å². The topological polar surface area (TPSA) is 38.7 Å². The van der Waals surface area contributed by atoms with E-state index in [4.69, 9.17) is 15.0 Å². The molecule has 10 aromatic rings. The van der Waals surface area contributed by atoms with Crippen molar-refractivity contribution in [2.45, 2.75) is 19.3 Å². The van der Waals surface area contributed by atoms with Crippen LogP contribution in [0.1, 0.15) is 25.0 Å². The Morgan fingerprint density at radius 2 is 1.05 bits per heavy atom. The average molecular weight is 734 g/mol. The van der Waals surface area contributed by atoms with Gasteiger partial charge in [-0.05, 0) is 63.7 Å². The number of aromatic nitrogens is 3. The van der Waals surface area contributed by atoms with E-state index in [0.717, 1.165) is 50.4 Å². The highest BCUT2D eigenvalue weighted by Crippen LogP contribution is 2.50. The van der Waals surface area contributed by atoms with E-state index in [1.807, 2.05) is 29.5 Å². The smallest absolute Gasteiger partial charge is 0.160 e. The van der Waals surface area contributed by atoms with Gasteiger partial charge >= 0.3 is 0 Å². The Bertz CT molecular complexity index is 3160. The minimum atomic E-state index is -0.0604. The van der Waals surface area contributed by atoms with Crippen molar-refractivity contribution in [1.82, 2.24) is 15.0 Å². The molecule has 1 aliphatic rings. The zero-order valence-corrected chi connectivity index (χ0v) is 31.8. The van der Waals surface area contributed by atoms with Crippen molar-refractivity contribution in [3.05, 3.63) is 187 Å². The molecule has 1 aliphatic carbocycles. The first-order valence-corrected chi connectivity index (χ1v) is 19.9. The Morgan fingerprint density at radius 3 is 1.91 bits per heavy atom. The summed E-state index contributed by atoms with van der Waals surface area (Å²) >= 11 is 1.84. The molecule has 0 radical (unpaired) electrons. The lowest BCUT2D eigenvalue weighted by atomic mass is 9.81. The Hall–Kier alpha value is -6.75. The number of fused-ring (bicyclic) bond motifs is 8. The van der Waals surface area contributed by atoms with Crippen LogP contribution in [0.15, 0.2) is 176 Å². The lowest BCUT2D eigenvalue weighted by molar-refractivity contribution is 0.660. The largest absolute Gasteiger partial charge is 0.247 e. The number of para-hydroxylation sites is 1. The maximum Gasteiger partial charge on any atom is 0.160 e. The summed E-state index contributed by atoms with van der Waals surface area (Å²) in [5, 5.41) is 3.65. The molecule has 0 unspecified atom stereocenters. The van der Waals surface area contributed by atoms with Crippen LogP contribution in [0, 0.1) is 0 Å². The fourth-order valence-electron chi connectivity index (χ4n) is 8.62. The van der Waals surface area contributed by atoms with Gasteiger partial charge in [0.1, 0.15) is 0 Å². The summed E-state index contributed by atoms with van der Waals surface area (Å²) in [6.45, 7) is 4.67. The molecule has 11 rings (SSSR count). The van der Waals surface area contributed by atoms with Crippen LogP contribution in [0.5, 0.6) is 0 Å². The maximum absolute atomic E-state index is 5.26. The van der Waals surface area contributed by atoms with Crippen LogP contribution in [0.4, 0.5) is 0 Å². The van der Waals surface area contributed by atoms with Crippen LogP contribution >= 0.6 is 11.3 Å². The number of hydrogen-bond donors (Lipinski definition) is 0. The summed E-state index contributed by atoms with van der Waals surface area (Å²) in [5.41, 5.74) is 15.6. The third kappa shape index (κ3) is 5.21. The molecule has 3 heterocycles. The van der Waals surface area contributed by atoms with Crippen LogP contribution < -0.4 is 0 Å². The van der Waals surface area contributed by atoms with Gasteiger partial charge in [-0.2, -0.15) is 0 Å². The summed E-state index contributed by atoms with van der Waals surface area (Å²) in [6, 6.07) is 62.8. The monoisotopic (exact) mass is 733 g/mol. The molecule has 0 saturated heterocycles. The van der Waals surface area contributed by atoms with E-state index in [9.17, 15) is 0 Å². The summed E-state index contributed by atoms with van der Waals surface area (Å²) in [4.78, 5) is 15.6.